The molecule has 5 nitrogen and oxygen atoms in total. The van der Waals surface area contributed by atoms with Crippen LogP contribution in [-0.2, 0) is 14.6 Å². The Balaban J connectivity index is 2.08. The van der Waals surface area contributed by atoms with Crippen molar-refractivity contribution < 1.29 is 13.2 Å². The highest BCUT2D eigenvalue weighted by molar-refractivity contribution is 7.91. The maximum absolute atomic E-state index is 11.9. The van der Waals surface area contributed by atoms with Gasteiger partial charge in [-0.15, -0.1) is 0 Å². The van der Waals surface area contributed by atoms with Gasteiger partial charge < -0.3 is 15.8 Å². The van der Waals surface area contributed by atoms with Crippen LogP contribution in [0.4, 0.5) is 11.4 Å². The van der Waals surface area contributed by atoms with E-state index >= 15 is 0 Å². The van der Waals surface area contributed by atoms with Crippen LogP contribution in [-0.4, -0.2) is 33.9 Å². The smallest absolute Gasteiger partial charge is 0.178 e. The van der Waals surface area contributed by atoms with Gasteiger partial charge in [-0.2, -0.15) is 0 Å². The van der Waals surface area contributed by atoms with E-state index in [4.69, 9.17) is 10.5 Å². The predicted molar refractivity (Wildman–Crippen MR) is 80.6 cm³/mol. The number of sulfone groups is 1. The third-order valence-electron chi connectivity index (χ3n) is 3.69. The van der Waals surface area contributed by atoms with Crippen LogP contribution in [0.5, 0.6) is 0 Å². The molecule has 0 aliphatic carbocycles. The lowest BCUT2D eigenvalue weighted by molar-refractivity contribution is 0.0699. The van der Waals surface area contributed by atoms with Crippen LogP contribution < -0.4 is 11.1 Å². The van der Waals surface area contributed by atoms with Crippen molar-refractivity contribution in [1.82, 2.24) is 0 Å². The van der Waals surface area contributed by atoms with Gasteiger partial charge in [0.1, 0.15) is 0 Å². The van der Waals surface area contributed by atoms with Crippen LogP contribution in [0.25, 0.3) is 0 Å². The Bertz CT molecular complexity index is 552. The maximum atomic E-state index is 11.9. The normalized spacial score (nSPS) is 17.1. The second-order valence-electron chi connectivity index (χ2n) is 5.09. The zero-order valence-corrected chi connectivity index (χ0v) is 12.6. The summed E-state index contributed by atoms with van der Waals surface area (Å²) in [4.78, 5) is 0.323. The largest absolute Gasteiger partial charge is 0.397 e. The first-order chi connectivity index (χ1) is 9.53. The van der Waals surface area contributed by atoms with Gasteiger partial charge in [0.05, 0.1) is 22.0 Å². The van der Waals surface area contributed by atoms with Crippen LogP contribution >= 0.6 is 0 Å². The summed E-state index contributed by atoms with van der Waals surface area (Å²) in [7, 11) is -3.20. The van der Waals surface area contributed by atoms with E-state index in [1.165, 1.54) is 0 Å². The van der Waals surface area contributed by atoms with Crippen LogP contribution in [0.1, 0.15) is 19.8 Å². The number of ether oxygens (including phenoxy) is 1. The van der Waals surface area contributed by atoms with E-state index in [0.717, 1.165) is 32.6 Å². The molecule has 0 amide bonds. The summed E-state index contributed by atoms with van der Waals surface area (Å²) < 4.78 is 29.1. The third-order valence-corrected chi connectivity index (χ3v) is 5.42. The van der Waals surface area contributed by atoms with Gasteiger partial charge in [0.15, 0.2) is 9.84 Å². The first-order valence-corrected chi connectivity index (χ1v) is 8.62. The molecule has 1 aliphatic heterocycles. The van der Waals surface area contributed by atoms with Crippen molar-refractivity contribution in [2.75, 3.05) is 36.6 Å². The lowest BCUT2D eigenvalue weighted by Crippen LogP contribution is -2.23. The molecule has 1 aromatic rings. The molecule has 0 aromatic heterocycles. The molecule has 112 valence electrons. The predicted octanol–water partition coefficient (Wildman–Crippen LogP) is 1.90. The Morgan fingerprint density at radius 1 is 1.35 bits per heavy atom. The molecule has 2 rings (SSSR count). The second kappa shape index (κ2) is 6.45. The van der Waals surface area contributed by atoms with E-state index in [0.29, 0.717) is 22.2 Å². The molecule has 1 aliphatic rings. The Morgan fingerprint density at radius 3 is 2.70 bits per heavy atom. The highest BCUT2D eigenvalue weighted by atomic mass is 32.2. The number of hydrogen-bond donors (Lipinski definition) is 2. The van der Waals surface area contributed by atoms with Crippen LogP contribution in [0.3, 0.4) is 0 Å². The Kier molecular flexibility index (Phi) is 4.88. The van der Waals surface area contributed by atoms with Crippen molar-refractivity contribution in [3.8, 4) is 0 Å². The molecule has 3 N–H and O–H groups in total. The minimum Gasteiger partial charge on any atom is -0.397 e. The molecule has 1 fully saturated rings. The van der Waals surface area contributed by atoms with Gasteiger partial charge in [-0.1, -0.05) is 6.92 Å². The topological polar surface area (TPSA) is 81.4 Å². The molecule has 0 saturated carbocycles. The zero-order chi connectivity index (χ0) is 14.6. The van der Waals surface area contributed by atoms with Crippen molar-refractivity contribution in [3.63, 3.8) is 0 Å². The summed E-state index contributed by atoms with van der Waals surface area (Å²) >= 11 is 0. The lowest BCUT2D eigenvalue weighted by atomic mass is 10.0. The number of nitrogens with two attached hydrogens (primary N) is 1. The molecule has 0 unspecified atom stereocenters. The summed E-state index contributed by atoms with van der Waals surface area (Å²) in [5.41, 5.74) is 7.18. The maximum Gasteiger partial charge on any atom is 0.178 e. The Morgan fingerprint density at radius 2 is 2.05 bits per heavy atom. The molecule has 1 saturated heterocycles. The highest BCUT2D eigenvalue weighted by Crippen LogP contribution is 2.25. The quantitative estimate of drug-likeness (QED) is 0.811. The first kappa shape index (κ1) is 15.1. The van der Waals surface area contributed by atoms with E-state index in [9.17, 15) is 8.42 Å². The van der Waals surface area contributed by atoms with Crippen LogP contribution in [0.2, 0.25) is 0 Å². The van der Waals surface area contributed by atoms with Crippen LogP contribution in [0.15, 0.2) is 23.1 Å². The van der Waals surface area contributed by atoms with Crippen molar-refractivity contribution >= 4 is 21.2 Å². The number of hydrogen-bond acceptors (Lipinski definition) is 5. The summed E-state index contributed by atoms with van der Waals surface area (Å²) in [5.74, 6) is 0.644. The number of benzene rings is 1. The molecule has 20 heavy (non-hydrogen) atoms. The molecular weight excluding hydrogens is 276 g/mol. The van der Waals surface area contributed by atoms with Crippen molar-refractivity contribution in [2.24, 2.45) is 5.92 Å². The van der Waals surface area contributed by atoms with Crippen molar-refractivity contribution in [3.05, 3.63) is 18.2 Å². The van der Waals surface area contributed by atoms with Crippen LogP contribution in [0, 0.1) is 5.92 Å². The molecule has 0 atom stereocenters. The fraction of sp³-hybridized carbons (Fsp3) is 0.571. The van der Waals surface area contributed by atoms with Gasteiger partial charge in [0, 0.05) is 19.8 Å². The average molecular weight is 298 g/mol. The first-order valence-electron chi connectivity index (χ1n) is 6.97. The van der Waals surface area contributed by atoms with Gasteiger partial charge >= 0.3 is 0 Å². The number of nitrogens with one attached hydrogen (secondary N) is 1. The highest BCUT2D eigenvalue weighted by Gasteiger charge is 2.16. The number of anilines is 2. The molecule has 6 heteroatoms. The van der Waals surface area contributed by atoms with E-state index in [1.54, 1.807) is 25.1 Å². The molecule has 0 spiro atoms. The molecule has 1 heterocycles. The summed E-state index contributed by atoms with van der Waals surface area (Å²) in [6.07, 6.45) is 2.06. The van der Waals surface area contributed by atoms with E-state index in [-0.39, 0.29) is 5.75 Å². The molecule has 0 radical (unpaired) electrons. The number of rotatable bonds is 5. The fourth-order valence-corrected chi connectivity index (χ4v) is 3.16. The fourth-order valence-electron chi connectivity index (χ4n) is 2.25. The van der Waals surface area contributed by atoms with E-state index < -0.39 is 9.84 Å². The molecule has 0 bridgehead atoms. The summed E-state index contributed by atoms with van der Waals surface area (Å²) in [6, 6.07) is 4.84. The Labute approximate surface area is 120 Å². The van der Waals surface area contributed by atoms with Crippen molar-refractivity contribution in [1.29, 1.82) is 0 Å². The number of nitrogen functional groups attached to an aromatic ring is 1. The van der Waals surface area contributed by atoms with Crippen molar-refractivity contribution in [2.45, 2.75) is 24.7 Å². The zero-order valence-electron chi connectivity index (χ0n) is 11.8. The lowest BCUT2D eigenvalue weighted by Gasteiger charge is -2.23. The third kappa shape index (κ3) is 3.64. The SMILES string of the molecule is CCS(=O)(=O)c1ccc(N)c(NCC2CCOCC2)c1. The minimum absolute atomic E-state index is 0.0936. The summed E-state index contributed by atoms with van der Waals surface area (Å²) in [5, 5.41) is 3.27. The monoisotopic (exact) mass is 298 g/mol. The average Bonchev–Trinajstić information content (AvgIpc) is 2.47. The van der Waals surface area contributed by atoms with Gasteiger partial charge in [-0.25, -0.2) is 8.42 Å². The van der Waals surface area contributed by atoms with Gasteiger partial charge in [-0.3, -0.25) is 0 Å². The van der Waals surface area contributed by atoms with E-state index in [1.807, 2.05) is 0 Å². The molecular formula is C14H22N2O3S. The van der Waals surface area contributed by atoms with E-state index in [2.05, 4.69) is 5.32 Å². The van der Waals surface area contributed by atoms with Gasteiger partial charge in [0.25, 0.3) is 0 Å². The minimum atomic E-state index is -3.20. The molecule has 1 aromatic carbocycles. The standard InChI is InChI=1S/C14H22N2O3S/c1-2-20(17,18)12-3-4-13(15)14(9-12)16-10-11-5-7-19-8-6-11/h3-4,9,11,16H,2,5-8,10,15H2,1H3. The Hall–Kier alpha value is -1.27. The van der Waals surface area contributed by atoms with Gasteiger partial charge in [0.2, 0.25) is 0 Å². The second-order valence-corrected chi connectivity index (χ2v) is 7.37. The van der Waals surface area contributed by atoms with Gasteiger partial charge in [-0.05, 0) is 37.0 Å². The summed E-state index contributed by atoms with van der Waals surface area (Å²) in [6.45, 7) is 4.03.